The van der Waals surface area contributed by atoms with Gasteiger partial charge in [-0.05, 0) is 25.0 Å². The topological polar surface area (TPSA) is 98.3 Å². The molecule has 142 valence electrons. The Morgan fingerprint density at radius 3 is 2.93 bits per heavy atom. The van der Waals surface area contributed by atoms with Gasteiger partial charge in [0.1, 0.15) is 5.82 Å². The highest BCUT2D eigenvalue weighted by Crippen LogP contribution is 2.20. The molecule has 7 heteroatoms. The second-order valence-electron chi connectivity index (χ2n) is 6.79. The Labute approximate surface area is 157 Å². The summed E-state index contributed by atoms with van der Waals surface area (Å²) < 4.78 is 0. The number of carbonyl (C=O) groups excluding carboxylic acids is 1. The average molecular weight is 368 g/mol. The van der Waals surface area contributed by atoms with Gasteiger partial charge in [0.05, 0.1) is 11.7 Å². The van der Waals surface area contributed by atoms with Crippen molar-refractivity contribution in [2.75, 3.05) is 13.1 Å². The Morgan fingerprint density at radius 1 is 1.41 bits per heavy atom. The van der Waals surface area contributed by atoms with Crippen LogP contribution < -0.4 is 10.9 Å². The summed E-state index contributed by atoms with van der Waals surface area (Å²) in [5.41, 5.74) is 1.23. The smallest absolute Gasteiger partial charge is 0.258 e. The van der Waals surface area contributed by atoms with Crippen LogP contribution in [0.5, 0.6) is 0 Å². The fourth-order valence-corrected chi connectivity index (χ4v) is 3.24. The number of amides is 1. The normalized spacial score (nSPS) is 20.2. The highest BCUT2D eigenvalue weighted by Gasteiger charge is 2.30. The van der Waals surface area contributed by atoms with Gasteiger partial charge in [-0.15, -0.1) is 0 Å². The maximum Gasteiger partial charge on any atom is 0.258 e. The molecule has 0 unspecified atom stereocenters. The van der Waals surface area contributed by atoms with E-state index in [0.29, 0.717) is 30.9 Å². The van der Waals surface area contributed by atoms with Crippen LogP contribution in [0.2, 0.25) is 0 Å². The first-order valence-electron chi connectivity index (χ1n) is 8.99. The lowest BCUT2D eigenvalue weighted by Crippen LogP contribution is -2.39. The van der Waals surface area contributed by atoms with Crippen LogP contribution in [0.1, 0.15) is 23.4 Å². The Kier molecular flexibility index (Phi) is 6.16. The van der Waals surface area contributed by atoms with Gasteiger partial charge in [-0.1, -0.05) is 30.3 Å². The van der Waals surface area contributed by atoms with E-state index < -0.39 is 0 Å². The zero-order valence-corrected chi connectivity index (χ0v) is 15.3. The van der Waals surface area contributed by atoms with Crippen molar-refractivity contribution >= 4 is 12.0 Å². The third kappa shape index (κ3) is 5.35. The molecule has 3 N–H and O–H groups in total. The van der Waals surface area contributed by atoms with Crippen LogP contribution in [0, 0.1) is 6.92 Å². The zero-order chi connectivity index (χ0) is 19.2. The number of hydrogen-bond acceptors (Lipinski definition) is 5. The molecule has 2 aromatic rings. The van der Waals surface area contributed by atoms with E-state index >= 15 is 0 Å². The molecular weight excluding hydrogens is 344 g/mol. The largest absolute Gasteiger partial charge is 0.392 e. The van der Waals surface area contributed by atoms with E-state index in [2.05, 4.69) is 32.3 Å². The molecule has 1 aliphatic heterocycles. The molecule has 27 heavy (non-hydrogen) atoms. The second-order valence-corrected chi connectivity index (χ2v) is 6.79. The first kappa shape index (κ1) is 19.0. The van der Waals surface area contributed by atoms with E-state index in [1.54, 1.807) is 6.92 Å². The molecule has 2 atom stereocenters. The highest BCUT2D eigenvalue weighted by atomic mass is 16.3. The molecule has 7 nitrogen and oxygen atoms in total. The molecule has 1 aromatic heterocycles. The predicted molar refractivity (Wildman–Crippen MR) is 103 cm³/mol. The first-order valence-corrected chi connectivity index (χ1v) is 8.99. The van der Waals surface area contributed by atoms with Crippen molar-refractivity contribution in [2.24, 2.45) is 0 Å². The van der Waals surface area contributed by atoms with Crippen LogP contribution in [0.25, 0.3) is 6.08 Å². The summed E-state index contributed by atoms with van der Waals surface area (Å²) >= 11 is 0. The molecule has 1 amide bonds. The molecule has 1 saturated heterocycles. The SMILES string of the molecule is Cc1ncc(/C=C/C(=O)NC[C@H]2C[C@@H](O)CN2Cc2ccccc2)c(=O)[nH]1. The summed E-state index contributed by atoms with van der Waals surface area (Å²) in [5.74, 6) is 0.246. The molecule has 1 aliphatic rings. The molecule has 3 rings (SSSR count). The number of rotatable bonds is 6. The van der Waals surface area contributed by atoms with Gasteiger partial charge in [-0.2, -0.15) is 0 Å². The number of aromatic nitrogens is 2. The van der Waals surface area contributed by atoms with Gasteiger partial charge in [0.2, 0.25) is 5.91 Å². The predicted octanol–water partition coefficient (Wildman–Crippen LogP) is 0.843. The van der Waals surface area contributed by atoms with Crippen molar-refractivity contribution in [1.29, 1.82) is 0 Å². The number of aryl methyl sites for hydroxylation is 1. The number of carbonyl (C=O) groups is 1. The summed E-state index contributed by atoms with van der Waals surface area (Å²) in [6.45, 7) is 3.46. The lowest BCUT2D eigenvalue weighted by atomic mass is 10.1. The number of aromatic amines is 1. The van der Waals surface area contributed by atoms with Crippen molar-refractivity contribution < 1.29 is 9.90 Å². The number of nitrogens with one attached hydrogen (secondary N) is 2. The summed E-state index contributed by atoms with van der Waals surface area (Å²) in [4.78, 5) is 32.6. The van der Waals surface area contributed by atoms with Crippen LogP contribution >= 0.6 is 0 Å². The quantitative estimate of drug-likeness (QED) is 0.657. The van der Waals surface area contributed by atoms with E-state index in [9.17, 15) is 14.7 Å². The van der Waals surface area contributed by atoms with Gasteiger partial charge in [0, 0.05) is 37.9 Å². The number of nitrogens with zero attached hydrogens (tertiary/aromatic N) is 2. The lowest BCUT2D eigenvalue weighted by molar-refractivity contribution is -0.116. The van der Waals surface area contributed by atoms with Crippen molar-refractivity contribution in [3.05, 3.63) is 69.9 Å². The maximum atomic E-state index is 12.1. The summed E-state index contributed by atoms with van der Waals surface area (Å²) in [6.07, 6.45) is 4.45. The molecule has 0 saturated carbocycles. The molecule has 1 fully saturated rings. The lowest BCUT2D eigenvalue weighted by Gasteiger charge is -2.24. The van der Waals surface area contributed by atoms with E-state index in [1.165, 1.54) is 23.9 Å². The number of aliphatic hydroxyl groups is 1. The number of hydrogen-bond donors (Lipinski definition) is 3. The van der Waals surface area contributed by atoms with Crippen LogP contribution in [-0.4, -0.2) is 51.1 Å². The first-order chi connectivity index (χ1) is 13.0. The monoisotopic (exact) mass is 368 g/mol. The van der Waals surface area contributed by atoms with E-state index in [0.717, 1.165) is 6.54 Å². The highest BCUT2D eigenvalue weighted by molar-refractivity contribution is 5.91. The van der Waals surface area contributed by atoms with Gasteiger partial charge in [-0.3, -0.25) is 14.5 Å². The molecule has 0 aliphatic carbocycles. The van der Waals surface area contributed by atoms with Gasteiger partial charge >= 0.3 is 0 Å². The molecule has 0 spiro atoms. The number of likely N-dealkylation sites (tertiary alicyclic amines) is 1. The fourth-order valence-electron chi connectivity index (χ4n) is 3.24. The number of H-pyrrole nitrogens is 1. The van der Waals surface area contributed by atoms with Gasteiger partial charge < -0.3 is 15.4 Å². The fraction of sp³-hybridized carbons (Fsp3) is 0.350. The number of β-amino-alcohol motifs (C(OH)–C–C–N with tert-alkyl or cyclic N) is 1. The Hall–Kier alpha value is -2.77. The van der Waals surface area contributed by atoms with Gasteiger partial charge in [-0.25, -0.2) is 4.98 Å². The van der Waals surface area contributed by atoms with Crippen molar-refractivity contribution in [2.45, 2.75) is 32.0 Å². The van der Waals surface area contributed by atoms with Gasteiger partial charge in [0.25, 0.3) is 5.56 Å². The Balaban J connectivity index is 1.55. The summed E-state index contributed by atoms with van der Waals surface area (Å²) in [5, 5.41) is 12.9. The van der Waals surface area contributed by atoms with E-state index in [1.807, 2.05) is 18.2 Å². The molecule has 0 bridgehead atoms. The van der Waals surface area contributed by atoms with Crippen LogP contribution in [-0.2, 0) is 11.3 Å². The van der Waals surface area contributed by atoms with Crippen molar-refractivity contribution in [1.82, 2.24) is 20.2 Å². The van der Waals surface area contributed by atoms with Crippen molar-refractivity contribution in [3.8, 4) is 0 Å². The minimum atomic E-state index is -0.386. The minimum absolute atomic E-state index is 0.0713. The van der Waals surface area contributed by atoms with Crippen LogP contribution in [0.4, 0.5) is 0 Å². The third-order valence-electron chi connectivity index (χ3n) is 4.61. The van der Waals surface area contributed by atoms with E-state index in [4.69, 9.17) is 0 Å². The van der Waals surface area contributed by atoms with Crippen molar-refractivity contribution in [3.63, 3.8) is 0 Å². The Morgan fingerprint density at radius 2 is 2.19 bits per heavy atom. The second kappa shape index (κ2) is 8.75. The molecule has 0 radical (unpaired) electrons. The molecular formula is C20H24N4O3. The van der Waals surface area contributed by atoms with Crippen LogP contribution in [0.3, 0.4) is 0 Å². The third-order valence-corrected chi connectivity index (χ3v) is 4.61. The van der Waals surface area contributed by atoms with E-state index in [-0.39, 0.29) is 23.6 Å². The Bertz CT molecular complexity index is 863. The standard InChI is InChI=1S/C20H24N4O3/c1-14-21-10-16(20(27)23-14)7-8-19(26)22-11-17-9-18(25)13-24(17)12-15-5-3-2-4-6-15/h2-8,10,17-18,25H,9,11-13H2,1H3,(H,22,26)(H,21,23,27)/b8-7+/t17-,18-/m1/s1. The summed E-state index contributed by atoms with van der Waals surface area (Å²) in [7, 11) is 0. The van der Waals surface area contributed by atoms with Crippen LogP contribution in [0.15, 0.2) is 47.4 Å². The summed E-state index contributed by atoms with van der Waals surface area (Å²) in [6, 6.07) is 10.1. The molecule has 2 heterocycles. The van der Waals surface area contributed by atoms with Gasteiger partial charge in [0.15, 0.2) is 0 Å². The average Bonchev–Trinajstić information content (AvgIpc) is 2.99. The maximum absolute atomic E-state index is 12.1. The zero-order valence-electron chi connectivity index (χ0n) is 15.3. The number of benzene rings is 1. The number of aliphatic hydroxyl groups excluding tert-OH is 1. The molecule has 1 aromatic carbocycles. The minimum Gasteiger partial charge on any atom is -0.392 e.